The fraction of sp³-hybridized carbons (Fsp3) is 0.500. The second-order valence-corrected chi connectivity index (χ2v) is 9.25. The summed E-state index contributed by atoms with van der Waals surface area (Å²) in [6.07, 6.45) is 0.668. The van der Waals surface area contributed by atoms with Gasteiger partial charge in [-0.05, 0) is 37.6 Å². The van der Waals surface area contributed by atoms with E-state index in [2.05, 4.69) is 10.2 Å². The van der Waals surface area contributed by atoms with Gasteiger partial charge in [0.2, 0.25) is 0 Å². The lowest BCUT2D eigenvalue weighted by Gasteiger charge is -2.11. The molecule has 0 aliphatic carbocycles. The number of ether oxygens (including phenoxy) is 2. The van der Waals surface area contributed by atoms with E-state index in [9.17, 15) is 8.42 Å². The van der Waals surface area contributed by atoms with Gasteiger partial charge in [0.15, 0.2) is 20.8 Å². The van der Waals surface area contributed by atoms with E-state index in [0.29, 0.717) is 19.6 Å². The second kappa shape index (κ2) is 7.65. The van der Waals surface area contributed by atoms with Crippen molar-refractivity contribution in [2.24, 2.45) is 0 Å². The Balaban J connectivity index is 1.65. The molecule has 2 heterocycles. The van der Waals surface area contributed by atoms with Crippen LogP contribution in [-0.2, 0) is 23.0 Å². The Morgan fingerprint density at radius 1 is 1.24 bits per heavy atom. The molecule has 1 saturated heterocycles. The zero-order valence-electron chi connectivity index (χ0n) is 14.2. The normalized spacial score (nSPS) is 19.0. The molecule has 1 fully saturated rings. The first-order valence-corrected chi connectivity index (χ1v) is 10.8. The summed E-state index contributed by atoms with van der Waals surface area (Å²) in [5.41, 5.74) is 0. The summed E-state index contributed by atoms with van der Waals surface area (Å²) in [5.74, 6) is 2.70. The van der Waals surface area contributed by atoms with Crippen molar-refractivity contribution in [3.05, 3.63) is 30.1 Å². The number of methoxy groups -OCH3 is 1. The third-order valence-electron chi connectivity index (χ3n) is 4.00. The number of hydrogen-bond acceptors (Lipinski definition) is 7. The molecule has 7 nitrogen and oxygen atoms in total. The lowest BCUT2D eigenvalue weighted by Crippen LogP contribution is -2.10. The van der Waals surface area contributed by atoms with E-state index in [1.807, 2.05) is 35.8 Å². The standard InChI is InChI=1S/C16H21N3O4S2/c1-3-19-15(10-23-13-6-4-12(22-2)5-7-13)17-18-16(19)24-14-8-9-25(20,21)11-14/h4-7,14H,3,8-11H2,1-2H3. The molecular formula is C16H21N3O4S2. The second-order valence-electron chi connectivity index (χ2n) is 5.75. The number of thioether (sulfide) groups is 1. The highest BCUT2D eigenvalue weighted by molar-refractivity contribution is 8.01. The maximum Gasteiger partial charge on any atom is 0.191 e. The van der Waals surface area contributed by atoms with Gasteiger partial charge in [-0.1, -0.05) is 11.8 Å². The van der Waals surface area contributed by atoms with Crippen molar-refractivity contribution in [2.75, 3.05) is 18.6 Å². The van der Waals surface area contributed by atoms with Crippen molar-refractivity contribution in [3.8, 4) is 11.5 Å². The van der Waals surface area contributed by atoms with E-state index < -0.39 is 9.84 Å². The summed E-state index contributed by atoms with van der Waals surface area (Å²) in [7, 11) is -1.27. The average Bonchev–Trinajstić information content (AvgIpc) is 3.15. The number of sulfone groups is 1. The van der Waals surface area contributed by atoms with Crippen LogP contribution in [0.5, 0.6) is 11.5 Å². The molecular weight excluding hydrogens is 362 g/mol. The third kappa shape index (κ3) is 4.46. The molecule has 136 valence electrons. The minimum atomic E-state index is -2.89. The molecule has 0 radical (unpaired) electrons. The van der Waals surface area contributed by atoms with E-state index >= 15 is 0 Å². The predicted octanol–water partition coefficient (Wildman–Crippen LogP) is 2.16. The molecule has 3 rings (SSSR count). The van der Waals surface area contributed by atoms with Gasteiger partial charge in [-0.3, -0.25) is 0 Å². The molecule has 1 aliphatic heterocycles. The monoisotopic (exact) mass is 383 g/mol. The Kier molecular flexibility index (Phi) is 5.53. The van der Waals surface area contributed by atoms with Crippen LogP contribution >= 0.6 is 11.8 Å². The maximum atomic E-state index is 11.6. The van der Waals surface area contributed by atoms with Gasteiger partial charge in [-0.15, -0.1) is 10.2 Å². The maximum absolute atomic E-state index is 11.6. The first kappa shape index (κ1) is 18.1. The number of benzene rings is 1. The van der Waals surface area contributed by atoms with E-state index in [4.69, 9.17) is 9.47 Å². The van der Waals surface area contributed by atoms with Crippen LogP contribution in [-0.4, -0.2) is 47.0 Å². The van der Waals surface area contributed by atoms with Crippen LogP contribution in [0.3, 0.4) is 0 Å². The van der Waals surface area contributed by atoms with Crippen LogP contribution < -0.4 is 9.47 Å². The summed E-state index contributed by atoms with van der Waals surface area (Å²) < 4.78 is 36.1. The van der Waals surface area contributed by atoms with Gasteiger partial charge in [0.25, 0.3) is 0 Å². The number of aromatic nitrogens is 3. The van der Waals surface area contributed by atoms with Crippen LogP contribution in [0.1, 0.15) is 19.2 Å². The molecule has 25 heavy (non-hydrogen) atoms. The Bertz CT molecular complexity index is 818. The highest BCUT2D eigenvalue weighted by Gasteiger charge is 2.30. The number of rotatable bonds is 7. The Morgan fingerprint density at radius 3 is 2.56 bits per heavy atom. The molecule has 1 aromatic heterocycles. The van der Waals surface area contributed by atoms with E-state index in [0.717, 1.165) is 22.5 Å². The SMILES string of the molecule is CCn1c(COc2ccc(OC)cc2)nnc1SC1CCS(=O)(=O)C1. The molecule has 1 unspecified atom stereocenters. The highest BCUT2D eigenvalue weighted by atomic mass is 32.2. The molecule has 9 heteroatoms. The van der Waals surface area contributed by atoms with Gasteiger partial charge in [0.1, 0.15) is 18.1 Å². The van der Waals surface area contributed by atoms with Crippen molar-refractivity contribution < 1.29 is 17.9 Å². The molecule has 1 aliphatic rings. The molecule has 0 N–H and O–H groups in total. The Morgan fingerprint density at radius 2 is 1.96 bits per heavy atom. The molecule has 1 atom stereocenters. The summed E-state index contributed by atoms with van der Waals surface area (Å²) in [5, 5.41) is 9.23. The van der Waals surface area contributed by atoms with Crippen LogP contribution in [0, 0.1) is 0 Å². The van der Waals surface area contributed by atoms with Gasteiger partial charge in [-0.25, -0.2) is 8.42 Å². The molecule has 0 spiro atoms. The lowest BCUT2D eigenvalue weighted by atomic mass is 10.3. The summed E-state index contributed by atoms with van der Waals surface area (Å²) in [4.78, 5) is 0. The minimum absolute atomic E-state index is 0.0508. The van der Waals surface area contributed by atoms with E-state index in [-0.39, 0.29) is 16.8 Å². The van der Waals surface area contributed by atoms with Crippen molar-refractivity contribution in [1.82, 2.24) is 14.8 Å². The number of hydrogen-bond donors (Lipinski definition) is 0. The minimum Gasteiger partial charge on any atom is -0.497 e. The first-order valence-electron chi connectivity index (χ1n) is 8.06. The quantitative estimate of drug-likeness (QED) is 0.724. The zero-order chi connectivity index (χ0) is 17.9. The zero-order valence-corrected chi connectivity index (χ0v) is 15.8. The number of nitrogens with zero attached hydrogens (tertiary/aromatic N) is 3. The highest BCUT2D eigenvalue weighted by Crippen LogP contribution is 2.30. The van der Waals surface area contributed by atoms with E-state index in [1.54, 1.807) is 7.11 Å². The largest absolute Gasteiger partial charge is 0.497 e. The van der Waals surface area contributed by atoms with Crippen molar-refractivity contribution in [2.45, 2.75) is 36.9 Å². The van der Waals surface area contributed by atoms with Crippen molar-refractivity contribution >= 4 is 21.6 Å². The Labute approximate surface area is 151 Å². The van der Waals surface area contributed by atoms with Gasteiger partial charge in [0, 0.05) is 11.8 Å². The fourth-order valence-electron chi connectivity index (χ4n) is 2.65. The molecule has 1 aromatic carbocycles. The van der Waals surface area contributed by atoms with Crippen LogP contribution in [0.4, 0.5) is 0 Å². The topological polar surface area (TPSA) is 83.3 Å². The van der Waals surface area contributed by atoms with Gasteiger partial charge < -0.3 is 14.0 Å². The first-order chi connectivity index (χ1) is 12.0. The lowest BCUT2D eigenvalue weighted by molar-refractivity contribution is 0.287. The smallest absolute Gasteiger partial charge is 0.191 e. The molecule has 0 saturated carbocycles. The fourth-order valence-corrected chi connectivity index (χ4v) is 6.22. The van der Waals surface area contributed by atoms with Crippen molar-refractivity contribution in [1.29, 1.82) is 0 Å². The van der Waals surface area contributed by atoms with Gasteiger partial charge >= 0.3 is 0 Å². The predicted molar refractivity (Wildman–Crippen MR) is 95.9 cm³/mol. The molecule has 0 bridgehead atoms. The summed E-state index contributed by atoms with van der Waals surface area (Å²) in [6, 6.07) is 7.35. The Hall–Kier alpha value is -1.74. The van der Waals surface area contributed by atoms with Crippen LogP contribution in [0.15, 0.2) is 29.4 Å². The third-order valence-corrected chi connectivity index (χ3v) is 7.23. The molecule has 2 aromatic rings. The van der Waals surface area contributed by atoms with E-state index in [1.165, 1.54) is 11.8 Å². The summed E-state index contributed by atoms with van der Waals surface area (Å²) in [6.45, 7) is 3.02. The van der Waals surface area contributed by atoms with Gasteiger partial charge in [-0.2, -0.15) is 0 Å². The van der Waals surface area contributed by atoms with Crippen LogP contribution in [0.2, 0.25) is 0 Å². The average molecular weight is 383 g/mol. The van der Waals surface area contributed by atoms with Crippen molar-refractivity contribution in [3.63, 3.8) is 0 Å². The van der Waals surface area contributed by atoms with Crippen LogP contribution in [0.25, 0.3) is 0 Å². The van der Waals surface area contributed by atoms with Gasteiger partial charge in [0.05, 0.1) is 18.6 Å². The summed E-state index contributed by atoms with van der Waals surface area (Å²) >= 11 is 1.49. The molecule has 0 amide bonds.